The van der Waals surface area contributed by atoms with Crippen LogP contribution in [0.15, 0.2) is 11.6 Å². The summed E-state index contributed by atoms with van der Waals surface area (Å²) in [5.74, 6) is -0.901. The summed E-state index contributed by atoms with van der Waals surface area (Å²) in [5.41, 5.74) is 1.40. The molecule has 2 rings (SSSR count). The molecule has 21 heavy (non-hydrogen) atoms. The van der Waals surface area contributed by atoms with E-state index < -0.39 is 5.97 Å². The van der Waals surface area contributed by atoms with Crippen molar-refractivity contribution in [2.75, 3.05) is 19.7 Å². The number of nitrogens with zero attached hydrogens (tertiary/aromatic N) is 1. The van der Waals surface area contributed by atoms with Crippen LogP contribution in [-0.2, 0) is 14.3 Å². The van der Waals surface area contributed by atoms with E-state index in [-0.39, 0.29) is 25.0 Å². The molecule has 0 radical (unpaired) electrons. The SMILES string of the molecule is O=C(O)CCN(CCC1=CCCCC1)C(=O)C1CCCO1. The quantitative estimate of drug-likeness (QED) is 0.732. The molecule has 0 aromatic rings. The molecule has 0 bridgehead atoms. The second-order valence-corrected chi connectivity index (χ2v) is 5.83. The third-order valence-electron chi connectivity index (χ3n) is 4.20. The standard InChI is InChI=1S/C16H25NO4/c18-15(19)9-11-17(16(20)14-7-4-12-21-14)10-8-13-5-2-1-3-6-13/h5,14H,1-4,6-12H2,(H,18,19). The highest BCUT2D eigenvalue weighted by molar-refractivity contribution is 5.81. The first-order valence-electron chi connectivity index (χ1n) is 7.97. The van der Waals surface area contributed by atoms with E-state index in [0.717, 1.165) is 32.1 Å². The minimum Gasteiger partial charge on any atom is -0.481 e. The molecule has 5 nitrogen and oxygen atoms in total. The van der Waals surface area contributed by atoms with E-state index in [4.69, 9.17) is 9.84 Å². The van der Waals surface area contributed by atoms with Crippen molar-refractivity contribution in [3.05, 3.63) is 11.6 Å². The molecule has 1 saturated heterocycles. The normalized spacial score (nSPS) is 21.9. The lowest BCUT2D eigenvalue weighted by molar-refractivity contribution is -0.143. The van der Waals surface area contributed by atoms with Gasteiger partial charge < -0.3 is 14.7 Å². The van der Waals surface area contributed by atoms with Gasteiger partial charge in [0, 0.05) is 19.7 Å². The number of rotatable bonds is 7. The maximum absolute atomic E-state index is 12.4. The monoisotopic (exact) mass is 295 g/mol. The van der Waals surface area contributed by atoms with Crippen LogP contribution in [0.1, 0.15) is 51.4 Å². The van der Waals surface area contributed by atoms with Crippen molar-refractivity contribution >= 4 is 11.9 Å². The van der Waals surface area contributed by atoms with E-state index in [0.29, 0.717) is 13.2 Å². The first-order valence-corrected chi connectivity index (χ1v) is 7.97. The Morgan fingerprint density at radius 2 is 2.14 bits per heavy atom. The molecule has 1 aliphatic heterocycles. The van der Waals surface area contributed by atoms with E-state index in [2.05, 4.69) is 6.08 Å². The van der Waals surface area contributed by atoms with Gasteiger partial charge in [0.2, 0.25) is 0 Å². The van der Waals surface area contributed by atoms with Crippen molar-refractivity contribution in [2.24, 2.45) is 0 Å². The highest BCUT2D eigenvalue weighted by atomic mass is 16.5. The van der Waals surface area contributed by atoms with Gasteiger partial charge >= 0.3 is 5.97 Å². The number of hydrogen-bond acceptors (Lipinski definition) is 3. The molecule has 1 amide bonds. The number of carbonyl (C=O) groups excluding carboxylic acids is 1. The third-order valence-corrected chi connectivity index (χ3v) is 4.20. The van der Waals surface area contributed by atoms with Gasteiger partial charge in [0.25, 0.3) is 5.91 Å². The van der Waals surface area contributed by atoms with Gasteiger partial charge in [-0.25, -0.2) is 0 Å². The first kappa shape index (κ1) is 16.0. The molecule has 5 heteroatoms. The molecule has 0 saturated carbocycles. The molecule has 0 aromatic heterocycles. The minimum absolute atomic E-state index is 0.00247. The average molecular weight is 295 g/mol. The van der Waals surface area contributed by atoms with Crippen molar-refractivity contribution in [1.29, 1.82) is 0 Å². The van der Waals surface area contributed by atoms with E-state index >= 15 is 0 Å². The highest BCUT2D eigenvalue weighted by Crippen LogP contribution is 2.21. The number of carboxylic acid groups (broad SMARTS) is 1. The Kier molecular flexibility index (Phi) is 6.23. The number of amides is 1. The van der Waals surface area contributed by atoms with E-state index in [1.54, 1.807) is 4.90 Å². The van der Waals surface area contributed by atoms with Crippen molar-refractivity contribution in [3.63, 3.8) is 0 Å². The van der Waals surface area contributed by atoms with Gasteiger partial charge in [0.15, 0.2) is 0 Å². The van der Waals surface area contributed by atoms with Gasteiger partial charge in [-0.05, 0) is 44.9 Å². The predicted molar refractivity (Wildman–Crippen MR) is 79.0 cm³/mol. The zero-order chi connectivity index (χ0) is 15.1. The summed E-state index contributed by atoms with van der Waals surface area (Å²) in [4.78, 5) is 24.9. The number of hydrogen-bond donors (Lipinski definition) is 1. The molecule has 0 aromatic carbocycles. The van der Waals surface area contributed by atoms with Crippen molar-refractivity contribution in [3.8, 4) is 0 Å². The van der Waals surface area contributed by atoms with Crippen LogP contribution in [0.3, 0.4) is 0 Å². The molecule has 1 unspecified atom stereocenters. The average Bonchev–Trinajstić information content (AvgIpc) is 3.02. The fraction of sp³-hybridized carbons (Fsp3) is 0.750. The van der Waals surface area contributed by atoms with Gasteiger partial charge in [-0.1, -0.05) is 11.6 Å². The molecule has 1 heterocycles. The van der Waals surface area contributed by atoms with Gasteiger partial charge in [-0.3, -0.25) is 9.59 Å². The van der Waals surface area contributed by atoms with Crippen LogP contribution >= 0.6 is 0 Å². The van der Waals surface area contributed by atoms with Crippen molar-refractivity contribution in [2.45, 2.75) is 57.5 Å². The van der Waals surface area contributed by atoms with Gasteiger partial charge in [-0.2, -0.15) is 0 Å². The number of carboxylic acids is 1. The first-order chi connectivity index (χ1) is 10.2. The summed E-state index contributed by atoms with van der Waals surface area (Å²) < 4.78 is 5.44. The van der Waals surface area contributed by atoms with Gasteiger partial charge in [0.1, 0.15) is 6.10 Å². The lowest BCUT2D eigenvalue weighted by atomic mass is 9.97. The predicted octanol–water partition coefficient (Wildman–Crippen LogP) is 2.36. The second kappa shape index (κ2) is 8.17. The number of carbonyl (C=O) groups is 2. The smallest absolute Gasteiger partial charge is 0.305 e. The van der Waals surface area contributed by atoms with Crippen LogP contribution in [0.2, 0.25) is 0 Å². The Hall–Kier alpha value is -1.36. The molecule has 1 atom stereocenters. The summed E-state index contributed by atoms with van der Waals surface area (Å²) >= 11 is 0. The number of ether oxygens (including phenoxy) is 1. The van der Waals surface area contributed by atoms with E-state index in [1.807, 2.05) is 0 Å². The summed E-state index contributed by atoms with van der Waals surface area (Å²) in [7, 11) is 0. The molecule has 2 aliphatic rings. The number of aliphatic carboxylic acids is 1. The van der Waals surface area contributed by atoms with Crippen LogP contribution in [0.5, 0.6) is 0 Å². The summed E-state index contributed by atoms with van der Waals surface area (Å²) in [6.45, 7) is 1.52. The van der Waals surface area contributed by atoms with Crippen molar-refractivity contribution in [1.82, 2.24) is 4.90 Å². The Morgan fingerprint density at radius 1 is 1.29 bits per heavy atom. The molecule has 118 valence electrons. The third kappa shape index (κ3) is 5.16. The fourth-order valence-corrected chi connectivity index (χ4v) is 2.95. The second-order valence-electron chi connectivity index (χ2n) is 5.83. The van der Waals surface area contributed by atoms with Crippen LogP contribution in [0.4, 0.5) is 0 Å². The van der Waals surface area contributed by atoms with Gasteiger partial charge in [0.05, 0.1) is 6.42 Å². The van der Waals surface area contributed by atoms with Crippen LogP contribution in [0.25, 0.3) is 0 Å². The zero-order valence-corrected chi connectivity index (χ0v) is 12.6. The Labute approximate surface area is 126 Å². The highest BCUT2D eigenvalue weighted by Gasteiger charge is 2.28. The lowest BCUT2D eigenvalue weighted by Crippen LogP contribution is -2.40. The van der Waals surface area contributed by atoms with Crippen LogP contribution < -0.4 is 0 Å². The van der Waals surface area contributed by atoms with Crippen LogP contribution in [-0.4, -0.2) is 47.7 Å². The Bertz CT molecular complexity index is 399. The Balaban J connectivity index is 1.88. The minimum atomic E-state index is -0.864. The number of allylic oxidation sites excluding steroid dienone is 1. The summed E-state index contributed by atoms with van der Waals surface area (Å²) in [5, 5.41) is 8.85. The fourth-order valence-electron chi connectivity index (χ4n) is 2.95. The molecule has 1 fully saturated rings. The van der Waals surface area contributed by atoms with E-state index in [1.165, 1.54) is 18.4 Å². The lowest BCUT2D eigenvalue weighted by Gasteiger charge is -2.26. The largest absolute Gasteiger partial charge is 0.481 e. The molecule has 1 aliphatic carbocycles. The van der Waals surface area contributed by atoms with Gasteiger partial charge in [-0.15, -0.1) is 0 Å². The molecular weight excluding hydrogens is 270 g/mol. The van der Waals surface area contributed by atoms with Crippen LogP contribution in [0, 0.1) is 0 Å². The maximum Gasteiger partial charge on any atom is 0.305 e. The maximum atomic E-state index is 12.4. The van der Waals surface area contributed by atoms with E-state index in [9.17, 15) is 9.59 Å². The molecule has 0 spiro atoms. The summed E-state index contributed by atoms with van der Waals surface area (Å²) in [6, 6.07) is 0. The summed E-state index contributed by atoms with van der Waals surface area (Å²) in [6.07, 6.45) is 9.15. The molecule has 1 N–H and O–H groups in total. The topological polar surface area (TPSA) is 66.8 Å². The Morgan fingerprint density at radius 3 is 2.76 bits per heavy atom. The zero-order valence-electron chi connectivity index (χ0n) is 12.6. The molecular formula is C16H25NO4. The van der Waals surface area contributed by atoms with Crippen molar-refractivity contribution < 1.29 is 19.4 Å².